The Balaban J connectivity index is 2.07. The van der Waals surface area contributed by atoms with Crippen LogP contribution in [0.5, 0.6) is 0 Å². The minimum Gasteiger partial charge on any atom is -0.330 e. The number of rotatable bonds is 4. The van der Waals surface area contributed by atoms with Crippen LogP contribution in [-0.4, -0.2) is 12.3 Å². The van der Waals surface area contributed by atoms with Crippen molar-refractivity contribution in [3.8, 4) is 0 Å². The molecule has 2 atom stereocenters. The summed E-state index contributed by atoms with van der Waals surface area (Å²) in [5.41, 5.74) is 6.62. The standard InChI is InChI=1S/C15H19BrFNO/c16-14-8-12(17)6-5-10(14)7-15(19)13-4-2-1-3-11(13)9-18/h5-6,8,11,13H,1-4,7,9,18H2. The van der Waals surface area contributed by atoms with Crippen LogP contribution in [0.1, 0.15) is 31.2 Å². The summed E-state index contributed by atoms with van der Waals surface area (Å²) in [4.78, 5) is 12.4. The summed E-state index contributed by atoms with van der Waals surface area (Å²) in [5.74, 6) is 0.346. The lowest BCUT2D eigenvalue weighted by molar-refractivity contribution is -0.124. The number of ketones is 1. The fourth-order valence-electron chi connectivity index (χ4n) is 2.90. The van der Waals surface area contributed by atoms with Gasteiger partial charge in [-0.15, -0.1) is 0 Å². The normalized spacial score (nSPS) is 23.3. The SMILES string of the molecule is NCC1CCCCC1C(=O)Cc1ccc(F)cc1Br. The van der Waals surface area contributed by atoms with E-state index in [9.17, 15) is 9.18 Å². The van der Waals surface area contributed by atoms with Crippen molar-refractivity contribution in [2.75, 3.05) is 6.54 Å². The minimum atomic E-state index is -0.291. The molecule has 0 aliphatic heterocycles. The first-order valence-corrected chi connectivity index (χ1v) is 7.58. The van der Waals surface area contributed by atoms with Crippen LogP contribution >= 0.6 is 15.9 Å². The number of carbonyl (C=O) groups excluding carboxylic acids is 1. The van der Waals surface area contributed by atoms with Gasteiger partial charge in [0.1, 0.15) is 11.6 Å². The van der Waals surface area contributed by atoms with E-state index >= 15 is 0 Å². The number of nitrogens with two attached hydrogens (primary N) is 1. The number of carbonyl (C=O) groups is 1. The zero-order valence-corrected chi connectivity index (χ0v) is 12.5. The molecule has 2 N–H and O–H groups in total. The van der Waals surface area contributed by atoms with E-state index in [2.05, 4.69) is 15.9 Å². The van der Waals surface area contributed by atoms with Gasteiger partial charge in [0.25, 0.3) is 0 Å². The molecule has 2 unspecified atom stereocenters. The van der Waals surface area contributed by atoms with Gasteiger partial charge in [-0.3, -0.25) is 4.79 Å². The van der Waals surface area contributed by atoms with Gasteiger partial charge in [0.15, 0.2) is 0 Å². The van der Waals surface area contributed by atoms with E-state index in [0.29, 0.717) is 23.4 Å². The lowest BCUT2D eigenvalue weighted by Crippen LogP contribution is -2.33. The fourth-order valence-corrected chi connectivity index (χ4v) is 3.39. The van der Waals surface area contributed by atoms with Gasteiger partial charge in [-0.1, -0.05) is 34.8 Å². The Bertz CT molecular complexity index is 463. The van der Waals surface area contributed by atoms with Crippen LogP contribution in [0, 0.1) is 17.7 Å². The third kappa shape index (κ3) is 3.63. The first-order valence-electron chi connectivity index (χ1n) is 6.78. The van der Waals surface area contributed by atoms with E-state index in [1.807, 2.05) is 0 Å². The highest BCUT2D eigenvalue weighted by molar-refractivity contribution is 9.10. The van der Waals surface area contributed by atoms with E-state index in [-0.39, 0.29) is 17.5 Å². The quantitative estimate of drug-likeness (QED) is 0.920. The number of hydrogen-bond acceptors (Lipinski definition) is 2. The van der Waals surface area contributed by atoms with Crippen molar-refractivity contribution in [1.82, 2.24) is 0 Å². The predicted molar refractivity (Wildman–Crippen MR) is 77.3 cm³/mol. The Morgan fingerprint density at radius 1 is 1.37 bits per heavy atom. The first-order chi connectivity index (χ1) is 9.11. The molecule has 0 aromatic heterocycles. The Kier molecular flexibility index (Phi) is 5.11. The second-order valence-electron chi connectivity index (χ2n) is 5.27. The number of Topliss-reactive ketones (excluding diaryl/α,β-unsaturated/α-hetero) is 1. The average molecular weight is 328 g/mol. The predicted octanol–water partition coefficient (Wildman–Crippen LogP) is 3.46. The molecule has 1 aromatic rings. The molecule has 2 rings (SSSR count). The van der Waals surface area contributed by atoms with Crippen molar-refractivity contribution in [2.45, 2.75) is 32.1 Å². The molecule has 19 heavy (non-hydrogen) atoms. The molecule has 4 heteroatoms. The molecular weight excluding hydrogens is 309 g/mol. The van der Waals surface area contributed by atoms with Crippen molar-refractivity contribution in [1.29, 1.82) is 0 Å². The Morgan fingerprint density at radius 3 is 2.79 bits per heavy atom. The van der Waals surface area contributed by atoms with Crippen LogP contribution in [0.15, 0.2) is 22.7 Å². The van der Waals surface area contributed by atoms with Gasteiger partial charge in [-0.25, -0.2) is 4.39 Å². The molecule has 1 aromatic carbocycles. The van der Waals surface area contributed by atoms with E-state index in [0.717, 1.165) is 24.8 Å². The summed E-state index contributed by atoms with van der Waals surface area (Å²) in [7, 11) is 0. The highest BCUT2D eigenvalue weighted by Crippen LogP contribution is 2.31. The zero-order chi connectivity index (χ0) is 13.8. The smallest absolute Gasteiger partial charge is 0.140 e. The molecular formula is C15H19BrFNO. The maximum absolute atomic E-state index is 13.0. The van der Waals surface area contributed by atoms with E-state index in [1.165, 1.54) is 18.6 Å². The Morgan fingerprint density at radius 2 is 2.11 bits per heavy atom. The van der Waals surface area contributed by atoms with Gasteiger partial charge in [0, 0.05) is 16.8 Å². The van der Waals surface area contributed by atoms with Gasteiger partial charge in [0.2, 0.25) is 0 Å². The Hall–Kier alpha value is -0.740. The molecule has 0 spiro atoms. The molecule has 104 valence electrons. The number of halogens is 2. The molecule has 2 nitrogen and oxygen atoms in total. The molecule has 1 saturated carbocycles. The van der Waals surface area contributed by atoms with Gasteiger partial charge in [-0.05, 0) is 43.0 Å². The Labute approximate surface area is 121 Å². The van der Waals surface area contributed by atoms with Crippen molar-refractivity contribution < 1.29 is 9.18 Å². The lowest BCUT2D eigenvalue weighted by atomic mass is 9.76. The molecule has 1 fully saturated rings. The molecule has 1 aliphatic carbocycles. The minimum absolute atomic E-state index is 0.0794. The molecule has 0 saturated heterocycles. The van der Waals surface area contributed by atoms with Crippen LogP contribution in [0.4, 0.5) is 4.39 Å². The third-order valence-electron chi connectivity index (χ3n) is 4.01. The maximum atomic E-state index is 13.0. The lowest BCUT2D eigenvalue weighted by Gasteiger charge is -2.29. The topological polar surface area (TPSA) is 43.1 Å². The number of hydrogen-bond donors (Lipinski definition) is 1. The van der Waals surface area contributed by atoms with Crippen LogP contribution in [0.2, 0.25) is 0 Å². The monoisotopic (exact) mass is 327 g/mol. The van der Waals surface area contributed by atoms with E-state index < -0.39 is 0 Å². The van der Waals surface area contributed by atoms with Crippen LogP contribution in [-0.2, 0) is 11.2 Å². The van der Waals surface area contributed by atoms with Crippen molar-refractivity contribution in [3.63, 3.8) is 0 Å². The highest BCUT2D eigenvalue weighted by Gasteiger charge is 2.29. The third-order valence-corrected chi connectivity index (χ3v) is 4.74. The largest absolute Gasteiger partial charge is 0.330 e. The zero-order valence-electron chi connectivity index (χ0n) is 10.9. The maximum Gasteiger partial charge on any atom is 0.140 e. The second kappa shape index (κ2) is 6.62. The van der Waals surface area contributed by atoms with Crippen molar-refractivity contribution in [3.05, 3.63) is 34.1 Å². The van der Waals surface area contributed by atoms with Crippen molar-refractivity contribution >= 4 is 21.7 Å². The summed E-state index contributed by atoms with van der Waals surface area (Å²) in [5, 5.41) is 0. The fraction of sp³-hybridized carbons (Fsp3) is 0.533. The molecule has 0 amide bonds. The summed E-state index contributed by atoms with van der Waals surface area (Å²) in [6.07, 6.45) is 4.64. The average Bonchev–Trinajstić information content (AvgIpc) is 2.41. The molecule has 0 bridgehead atoms. The summed E-state index contributed by atoms with van der Waals surface area (Å²) in [6.45, 7) is 0.584. The van der Waals surface area contributed by atoms with Crippen LogP contribution in [0.25, 0.3) is 0 Å². The van der Waals surface area contributed by atoms with E-state index in [1.54, 1.807) is 6.07 Å². The first kappa shape index (κ1) is 14.7. The van der Waals surface area contributed by atoms with Crippen LogP contribution < -0.4 is 5.73 Å². The van der Waals surface area contributed by atoms with Crippen LogP contribution in [0.3, 0.4) is 0 Å². The summed E-state index contributed by atoms with van der Waals surface area (Å²) >= 11 is 3.31. The molecule has 0 radical (unpaired) electrons. The van der Waals surface area contributed by atoms with Gasteiger partial charge in [0.05, 0.1) is 0 Å². The second-order valence-corrected chi connectivity index (χ2v) is 6.12. The summed E-state index contributed by atoms with van der Waals surface area (Å²) < 4.78 is 13.7. The molecule has 0 heterocycles. The van der Waals surface area contributed by atoms with E-state index in [4.69, 9.17) is 5.73 Å². The van der Waals surface area contributed by atoms with Gasteiger partial charge >= 0.3 is 0 Å². The highest BCUT2D eigenvalue weighted by atomic mass is 79.9. The molecule has 1 aliphatic rings. The van der Waals surface area contributed by atoms with Gasteiger partial charge in [-0.2, -0.15) is 0 Å². The van der Waals surface area contributed by atoms with Gasteiger partial charge < -0.3 is 5.73 Å². The number of benzene rings is 1. The summed E-state index contributed by atoms with van der Waals surface area (Å²) in [6, 6.07) is 4.48. The van der Waals surface area contributed by atoms with Crippen molar-refractivity contribution in [2.24, 2.45) is 17.6 Å².